The van der Waals surface area contributed by atoms with Crippen molar-refractivity contribution in [3.63, 3.8) is 0 Å². The molecule has 0 saturated heterocycles. The van der Waals surface area contributed by atoms with Crippen LogP contribution < -0.4 is 15.8 Å². The summed E-state index contributed by atoms with van der Waals surface area (Å²) in [6.07, 6.45) is 3.90. The van der Waals surface area contributed by atoms with Crippen molar-refractivity contribution in [3.8, 4) is 5.75 Å². The number of anilines is 1. The summed E-state index contributed by atoms with van der Waals surface area (Å²) in [5, 5.41) is 3.23. The van der Waals surface area contributed by atoms with E-state index in [1.807, 2.05) is 31.2 Å². The summed E-state index contributed by atoms with van der Waals surface area (Å²) in [4.78, 5) is 11.7. The predicted molar refractivity (Wildman–Crippen MR) is 78.4 cm³/mol. The Labute approximate surface area is 115 Å². The van der Waals surface area contributed by atoms with Crippen LogP contribution >= 0.6 is 0 Å². The van der Waals surface area contributed by atoms with E-state index in [4.69, 9.17) is 10.5 Å². The molecule has 106 valence electrons. The van der Waals surface area contributed by atoms with Crippen LogP contribution in [0.1, 0.15) is 39.5 Å². The van der Waals surface area contributed by atoms with Crippen molar-refractivity contribution in [2.24, 2.45) is 5.73 Å². The predicted octanol–water partition coefficient (Wildman–Crippen LogP) is 2.93. The molecule has 0 bridgehead atoms. The molecule has 0 fully saturated rings. The zero-order valence-corrected chi connectivity index (χ0v) is 12.0. The molecule has 1 unspecified atom stereocenters. The van der Waals surface area contributed by atoms with E-state index in [1.54, 1.807) is 7.11 Å². The number of ether oxygens (including phenoxy) is 1. The molecule has 0 radical (unpaired) electrons. The van der Waals surface area contributed by atoms with E-state index in [1.165, 1.54) is 0 Å². The summed E-state index contributed by atoms with van der Waals surface area (Å²) in [5.74, 6) is 0.375. The number of unbranched alkanes of at least 4 members (excludes halogenated alkanes) is 2. The van der Waals surface area contributed by atoms with Gasteiger partial charge in [0.1, 0.15) is 11.3 Å². The van der Waals surface area contributed by atoms with E-state index in [0.717, 1.165) is 24.9 Å². The zero-order valence-electron chi connectivity index (χ0n) is 12.0. The average Bonchev–Trinajstić information content (AvgIpc) is 2.39. The van der Waals surface area contributed by atoms with E-state index < -0.39 is 5.54 Å². The van der Waals surface area contributed by atoms with Crippen molar-refractivity contribution in [3.05, 3.63) is 24.3 Å². The van der Waals surface area contributed by atoms with Crippen LogP contribution in [0.15, 0.2) is 24.3 Å². The third-order valence-electron chi connectivity index (χ3n) is 3.34. The number of hydrogen-bond donors (Lipinski definition) is 2. The molecule has 0 aromatic heterocycles. The summed E-state index contributed by atoms with van der Waals surface area (Å²) < 4.78 is 5.28. The molecule has 0 aliphatic rings. The van der Waals surface area contributed by atoms with Gasteiger partial charge in [0.15, 0.2) is 0 Å². The number of para-hydroxylation sites is 2. The summed E-state index contributed by atoms with van der Waals surface area (Å²) >= 11 is 0. The Morgan fingerprint density at radius 3 is 2.63 bits per heavy atom. The van der Waals surface area contributed by atoms with E-state index in [-0.39, 0.29) is 5.91 Å². The Bertz CT molecular complexity index is 420. The van der Waals surface area contributed by atoms with Crippen LogP contribution in [0.25, 0.3) is 0 Å². The van der Waals surface area contributed by atoms with Crippen molar-refractivity contribution in [1.29, 1.82) is 0 Å². The summed E-state index contributed by atoms with van der Waals surface area (Å²) in [7, 11) is 1.61. The maximum absolute atomic E-state index is 11.7. The first-order chi connectivity index (χ1) is 9.03. The molecule has 3 N–H and O–H groups in total. The highest BCUT2D eigenvalue weighted by molar-refractivity contribution is 5.88. The SMILES string of the molecule is CCCCCC(C)(Nc1ccccc1OC)C(N)=O. The lowest BCUT2D eigenvalue weighted by molar-refractivity contribution is -0.122. The van der Waals surface area contributed by atoms with Gasteiger partial charge in [0.25, 0.3) is 0 Å². The molecule has 1 atom stereocenters. The number of nitrogens with two attached hydrogens (primary N) is 1. The minimum Gasteiger partial charge on any atom is -0.495 e. The van der Waals surface area contributed by atoms with Gasteiger partial charge in [-0.2, -0.15) is 0 Å². The largest absolute Gasteiger partial charge is 0.495 e. The zero-order chi connectivity index (χ0) is 14.3. The standard InChI is InChI=1S/C15H24N2O2/c1-4-5-8-11-15(2,14(16)18)17-12-9-6-7-10-13(12)19-3/h6-7,9-10,17H,4-5,8,11H2,1-3H3,(H2,16,18). The Hall–Kier alpha value is -1.71. The van der Waals surface area contributed by atoms with Crippen molar-refractivity contribution in [2.45, 2.75) is 45.1 Å². The molecule has 1 amide bonds. The van der Waals surface area contributed by atoms with Gasteiger partial charge in [-0.1, -0.05) is 38.3 Å². The Morgan fingerprint density at radius 2 is 2.05 bits per heavy atom. The number of amides is 1. The van der Waals surface area contributed by atoms with Crippen molar-refractivity contribution in [2.75, 3.05) is 12.4 Å². The van der Waals surface area contributed by atoms with E-state index in [9.17, 15) is 4.79 Å². The molecule has 4 heteroatoms. The van der Waals surface area contributed by atoms with Crippen molar-refractivity contribution >= 4 is 11.6 Å². The quantitative estimate of drug-likeness (QED) is 0.709. The second-order valence-electron chi connectivity index (χ2n) is 4.98. The smallest absolute Gasteiger partial charge is 0.242 e. The second kappa shape index (κ2) is 7.02. The van der Waals surface area contributed by atoms with Crippen molar-refractivity contribution in [1.82, 2.24) is 0 Å². The third-order valence-corrected chi connectivity index (χ3v) is 3.34. The molecule has 0 spiro atoms. The van der Waals surface area contributed by atoms with Crippen LogP contribution in [-0.4, -0.2) is 18.6 Å². The highest BCUT2D eigenvalue weighted by Gasteiger charge is 2.30. The van der Waals surface area contributed by atoms with Gasteiger partial charge in [-0.15, -0.1) is 0 Å². The highest BCUT2D eigenvalue weighted by Crippen LogP contribution is 2.28. The second-order valence-corrected chi connectivity index (χ2v) is 4.98. The summed E-state index contributed by atoms with van der Waals surface area (Å²) in [5.41, 5.74) is 5.60. The minimum atomic E-state index is -0.746. The number of hydrogen-bond acceptors (Lipinski definition) is 3. The number of nitrogens with one attached hydrogen (secondary N) is 1. The molecule has 1 aromatic rings. The first kappa shape index (κ1) is 15.3. The van der Waals surface area contributed by atoms with Crippen LogP contribution in [0.2, 0.25) is 0 Å². The van der Waals surface area contributed by atoms with E-state index >= 15 is 0 Å². The Morgan fingerprint density at radius 1 is 1.37 bits per heavy atom. The molecule has 0 saturated carbocycles. The number of methoxy groups -OCH3 is 1. The van der Waals surface area contributed by atoms with Gasteiger partial charge in [-0.25, -0.2) is 0 Å². The maximum Gasteiger partial charge on any atom is 0.242 e. The molecule has 0 aliphatic heterocycles. The van der Waals surface area contributed by atoms with Crippen molar-refractivity contribution < 1.29 is 9.53 Å². The lowest BCUT2D eigenvalue weighted by Crippen LogP contribution is -2.47. The topological polar surface area (TPSA) is 64.3 Å². The molecule has 0 aliphatic carbocycles. The number of primary amides is 1. The van der Waals surface area contributed by atoms with Crippen LogP contribution in [0.5, 0.6) is 5.75 Å². The Kier molecular flexibility index (Phi) is 5.67. The van der Waals surface area contributed by atoms with Crippen LogP contribution in [-0.2, 0) is 4.79 Å². The van der Waals surface area contributed by atoms with Crippen LogP contribution in [0, 0.1) is 0 Å². The normalized spacial score (nSPS) is 13.6. The molecule has 0 heterocycles. The number of carbonyl (C=O) groups is 1. The van der Waals surface area contributed by atoms with Gasteiger partial charge in [-0.3, -0.25) is 4.79 Å². The highest BCUT2D eigenvalue weighted by atomic mass is 16.5. The van der Waals surface area contributed by atoms with Gasteiger partial charge in [0.2, 0.25) is 5.91 Å². The van der Waals surface area contributed by atoms with Gasteiger partial charge in [0, 0.05) is 0 Å². The molecule has 1 rings (SSSR count). The average molecular weight is 264 g/mol. The van der Waals surface area contributed by atoms with E-state index in [2.05, 4.69) is 12.2 Å². The minimum absolute atomic E-state index is 0.338. The molecule has 19 heavy (non-hydrogen) atoms. The molecule has 4 nitrogen and oxygen atoms in total. The molecular formula is C15H24N2O2. The number of benzene rings is 1. The monoisotopic (exact) mass is 264 g/mol. The number of rotatable bonds is 8. The summed E-state index contributed by atoms with van der Waals surface area (Å²) in [6, 6.07) is 7.54. The number of carbonyl (C=O) groups excluding carboxylic acids is 1. The first-order valence-electron chi connectivity index (χ1n) is 6.74. The van der Waals surface area contributed by atoms with Gasteiger partial charge in [0.05, 0.1) is 12.8 Å². The lowest BCUT2D eigenvalue weighted by atomic mass is 9.93. The fourth-order valence-electron chi connectivity index (χ4n) is 2.02. The molecular weight excluding hydrogens is 240 g/mol. The van der Waals surface area contributed by atoms with Crippen LogP contribution in [0.4, 0.5) is 5.69 Å². The fraction of sp³-hybridized carbons (Fsp3) is 0.533. The van der Waals surface area contributed by atoms with Gasteiger partial charge >= 0.3 is 0 Å². The fourth-order valence-corrected chi connectivity index (χ4v) is 2.02. The first-order valence-corrected chi connectivity index (χ1v) is 6.74. The Balaban J connectivity index is 2.85. The third kappa shape index (κ3) is 4.16. The van der Waals surface area contributed by atoms with Crippen LogP contribution in [0.3, 0.4) is 0 Å². The maximum atomic E-state index is 11.7. The van der Waals surface area contributed by atoms with Gasteiger partial charge < -0.3 is 15.8 Å². The van der Waals surface area contributed by atoms with E-state index in [0.29, 0.717) is 12.2 Å². The molecule has 1 aromatic carbocycles. The lowest BCUT2D eigenvalue weighted by Gasteiger charge is -2.29. The van der Waals surface area contributed by atoms with Gasteiger partial charge in [-0.05, 0) is 25.5 Å². The summed E-state index contributed by atoms with van der Waals surface area (Å²) in [6.45, 7) is 3.98.